The minimum atomic E-state index is -0.268. The molecule has 0 bridgehead atoms. The Bertz CT molecular complexity index is 983. The SMILES string of the molecule is COc1cc(C)c(NC(=O)/C=C/c2cnc3ccccc3n2)cc1OC. The minimum Gasteiger partial charge on any atom is -0.493 e. The molecule has 6 nitrogen and oxygen atoms in total. The van der Waals surface area contributed by atoms with E-state index in [4.69, 9.17) is 9.47 Å². The maximum Gasteiger partial charge on any atom is 0.248 e. The van der Waals surface area contributed by atoms with Crippen LogP contribution in [-0.2, 0) is 4.79 Å². The Morgan fingerprint density at radius 2 is 1.77 bits per heavy atom. The maximum absolute atomic E-state index is 12.2. The van der Waals surface area contributed by atoms with Crippen molar-refractivity contribution in [3.8, 4) is 11.5 Å². The summed E-state index contributed by atoms with van der Waals surface area (Å²) in [5, 5.41) is 2.83. The van der Waals surface area contributed by atoms with Gasteiger partial charge in [-0.1, -0.05) is 12.1 Å². The number of anilines is 1. The lowest BCUT2D eigenvalue weighted by Gasteiger charge is -2.12. The third-order valence-corrected chi connectivity index (χ3v) is 3.86. The van der Waals surface area contributed by atoms with Crippen molar-refractivity contribution in [2.24, 2.45) is 0 Å². The van der Waals surface area contributed by atoms with Gasteiger partial charge in [0.2, 0.25) is 5.91 Å². The second-order valence-electron chi connectivity index (χ2n) is 5.63. The molecular formula is C20H19N3O3. The first-order valence-corrected chi connectivity index (χ1v) is 8.04. The highest BCUT2D eigenvalue weighted by molar-refractivity contribution is 6.02. The van der Waals surface area contributed by atoms with Crippen LogP contribution < -0.4 is 14.8 Å². The predicted octanol–water partition coefficient (Wildman–Crippen LogP) is 3.61. The number of rotatable bonds is 5. The smallest absolute Gasteiger partial charge is 0.248 e. The van der Waals surface area contributed by atoms with Crippen LogP contribution in [0.4, 0.5) is 5.69 Å². The molecule has 2 aromatic carbocycles. The predicted molar refractivity (Wildman–Crippen MR) is 101 cm³/mol. The summed E-state index contributed by atoms with van der Waals surface area (Å²) in [7, 11) is 3.12. The van der Waals surface area contributed by atoms with E-state index >= 15 is 0 Å². The number of carbonyl (C=O) groups is 1. The number of nitrogens with one attached hydrogen (secondary N) is 1. The largest absolute Gasteiger partial charge is 0.493 e. The molecular weight excluding hydrogens is 330 g/mol. The van der Waals surface area contributed by atoms with Gasteiger partial charge in [0, 0.05) is 17.8 Å². The quantitative estimate of drug-likeness (QED) is 0.712. The van der Waals surface area contributed by atoms with Gasteiger partial charge in [0.25, 0.3) is 0 Å². The number of nitrogens with zero attached hydrogens (tertiary/aromatic N) is 2. The second-order valence-corrected chi connectivity index (χ2v) is 5.63. The van der Waals surface area contributed by atoms with Crippen LogP contribution in [0.2, 0.25) is 0 Å². The topological polar surface area (TPSA) is 73.3 Å². The number of fused-ring (bicyclic) bond motifs is 1. The number of para-hydroxylation sites is 2. The Kier molecular flexibility index (Phi) is 5.12. The van der Waals surface area contributed by atoms with Crippen LogP contribution >= 0.6 is 0 Å². The summed E-state index contributed by atoms with van der Waals surface area (Å²) in [6, 6.07) is 11.1. The summed E-state index contributed by atoms with van der Waals surface area (Å²) in [5.41, 5.74) is 3.74. The number of methoxy groups -OCH3 is 2. The molecule has 26 heavy (non-hydrogen) atoms. The molecule has 1 N–H and O–H groups in total. The Morgan fingerprint density at radius 3 is 2.50 bits per heavy atom. The summed E-state index contributed by atoms with van der Waals surface area (Å²) in [5.74, 6) is 0.901. The zero-order chi connectivity index (χ0) is 18.5. The molecule has 0 saturated heterocycles. The third-order valence-electron chi connectivity index (χ3n) is 3.86. The van der Waals surface area contributed by atoms with Gasteiger partial charge in [-0.05, 0) is 36.8 Å². The van der Waals surface area contributed by atoms with Crippen molar-refractivity contribution in [3.05, 3.63) is 59.9 Å². The summed E-state index contributed by atoms with van der Waals surface area (Å²) in [6.45, 7) is 1.89. The first-order valence-electron chi connectivity index (χ1n) is 8.04. The lowest BCUT2D eigenvalue weighted by Crippen LogP contribution is -2.09. The number of aromatic nitrogens is 2. The van der Waals surface area contributed by atoms with E-state index in [0.29, 0.717) is 22.9 Å². The monoisotopic (exact) mass is 349 g/mol. The molecule has 0 fully saturated rings. The van der Waals surface area contributed by atoms with Gasteiger partial charge in [-0.2, -0.15) is 0 Å². The Morgan fingerprint density at radius 1 is 1.08 bits per heavy atom. The minimum absolute atomic E-state index is 0.268. The second kappa shape index (κ2) is 7.65. The van der Waals surface area contributed by atoms with Gasteiger partial charge in [-0.15, -0.1) is 0 Å². The van der Waals surface area contributed by atoms with Crippen molar-refractivity contribution in [1.82, 2.24) is 9.97 Å². The molecule has 3 aromatic rings. The van der Waals surface area contributed by atoms with E-state index in [1.54, 1.807) is 32.6 Å². The molecule has 0 spiro atoms. The summed E-state index contributed by atoms with van der Waals surface area (Å²) in [4.78, 5) is 21.0. The van der Waals surface area contributed by atoms with E-state index in [1.165, 1.54) is 6.08 Å². The fraction of sp³-hybridized carbons (Fsp3) is 0.150. The van der Waals surface area contributed by atoms with Gasteiger partial charge in [0.05, 0.1) is 37.1 Å². The molecule has 0 saturated carbocycles. The Labute approximate surface area is 151 Å². The van der Waals surface area contributed by atoms with Crippen LogP contribution in [0.15, 0.2) is 48.7 Å². The lowest BCUT2D eigenvalue weighted by molar-refractivity contribution is -0.111. The van der Waals surface area contributed by atoms with Crippen LogP contribution in [0.1, 0.15) is 11.3 Å². The van der Waals surface area contributed by atoms with Crippen LogP contribution in [0.3, 0.4) is 0 Å². The standard InChI is InChI=1S/C20H19N3O3/c1-13-10-18(25-2)19(26-3)11-17(13)23-20(24)9-8-14-12-21-15-6-4-5-7-16(15)22-14/h4-12H,1-3H3,(H,23,24)/b9-8+. The molecule has 3 rings (SSSR count). The number of benzene rings is 2. The van der Waals surface area contributed by atoms with E-state index in [0.717, 1.165) is 16.6 Å². The molecule has 0 radical (unpaired) electrons. The molecule has 132 valence electrons. The summed E-state index contributed by atoms with van der Waals surface area (Å²) in [6.07, 6.45) is 4.69. The van der Waals surface area contributed by atoms with Crippen molar-refractivity contribution < 1.29 is 14.3 Å². The molecule has 0 unspecified atom stereocenters. The molecule has 0 atom stereocenters. The zero-order valence-electron chi connectivity index (χ0n) is 14.8. The molecule has 0 aliphatic carbocycles. The van der Waals surface area contributed by atoms with E-state index < -0.39 is 0 Å². The highest BCUT2D eigenvalue weighted by Crippen LogP contribution is 2.32. The molecule has 0 aliphatic heterocycles. The fourth-order valence-corrected chi connectivity index (χ4v) is 2.50. The van der Waals surface area contributed by atoms with Gasteiger partial charge in [-0.3, -0.25) is 9.78 Å². The third kappa shape index (κ3) is 3.80. The normalized spacial score (nSPS) is 10.9. The Balaban J connectivity index is 1.76. The van der Waals surface area contributed by atoms with Gasteiger partial charge in [0.15, 0.2) is 11.5 Å². The zero-order valence-corrected chi connectivity index (χ0v) is 14.8. The highest BCUT2D eigenvalue weighted by Gasteiger charge is 2.10. The lowest BCUT2D eigenvalue weighted by atomic mass is 10.1. The van der Waals surface area contributed by atoms with Gasteiger partial charge >= 0.3 is 0 Å². The molecule has 1 heterocycles. The first-order chi connectivity index (χ1) is 12.6. The number of ether oxygens (including phenoxy) is 2. The van der Waals surface area contributed by atoms with Crippen molar-refractivity contribution in [2.45, 2.75) is 6.92 Å². The van der Waals surface area contributed by atoms with Gasteiger partial charge in [0.1, 0.15) is 0 Å². The summed E-state index contributed by atoms with van der Waals surface area (Å²) >= 11 is 0. The van der Waals surface area contributed by atoms with Crippen LogP contribution in [0, 0.1) is 6.92 Å². The van der Waals surface area contributed by atoms with Crippen molar-refractivity contribution in [2.75, 3.05) is 19.5 Å². The number of aryl methyl sites for hydroxylation is 1. The molecule has 6 heteroatoms. The molecule has 1 aromatic heterocycles. The highest BCUT2D eigenvalue weighted by atomic mass is 16.5. The number of amides is 1. The first kappa shape index (κ1) is 17.4. The molecule has 0 aliphatic rings. The average molecular weight is 349 g/mol. The van der Waals surface area contributed by atoms with E-state index in [2.05, 4.69) is 15.3 Å². The van der Waals surface area contributed by atoms with E-state index in [1.807, 2.05) is 37.3 Å². The number of hydrogen-bond donors (Lipinski definition) is 1. The average Bonchev–Trinajstić information content (AvgIpc) is 2.67. The van der Waals surface area contributed by atoms with Crippen molar-refractivity contribution in [1.29, 1.82) is 0 Å². The Hall–Kier alpha value is -3.41. The fourth-order valence-electron chi connectivity index (χ4n) is 2.50. The van der Waals surface area contributed by atoms with Gasteiger partial charge in [-0.25, -0.2) is 4.98 Å². The van der Waals surface area contributed by atoms with E-state index in [-0.39, 0.29) is 5.91 Å². The van der Waals surface area contributed by atoms with Crippen LogP contribution in [0.25, 0.3) is 17.1 Å². The number of hydrogen-bond acceptors (Lipinski definition) is 5. The van der Waals surface area contributed by atoms with Crippen LogP contribution in [-0.4, -0.2) is 30.1 Å². The van der Waals surface area contributed by atoms with Crippen molar-refractivity contribution in [3.63, 3.8) is 0 Å². The van der Waals surface area contributed by atoms with Crippen molar-refractivity contribution >= 4 is 28.7 Å². The summed E-state index contributed by atoms with van der Waals surface area (Å²) < 4.78 is 10.5. The van der Waals surface area contributed by atoms with Crippen LogP contribution in [0.5, 0.6) is 11.5 Å². The van der Waals surface area contributed by atoms with Gasteiger partial charge < -0.3 is 14.8 Å². The molecule has 1 amide bonds. The number of carbonyl (C=O) groups excluding carboxylic acids is 1. The maximum atomic E-state index is 12.2. The van der Waals surface area contributed by atoms with E-state index in [9.17, 15) is 4.79 Å².